The molecule has 0 unspecified atom stereocenters. The molecule has 0 fully saturated rings. The first-order valence-electron chi connectivity index (χ1n) is 4.94. The van der Waals surface area contributed by atoms with Gasteiger partial charge in [-0.1, -0.05) is 0 Å². The fourth-order valence-electron chi connectivity index (χ4n) is 1.66. The zero-order valence-electron chi connectivity index (χ0n) is 9.21. The fourth-order valence-corrected chi connectivity index (χ4v) is 1.66. The first kappa shape index (κ1) is 12.7. The number of alkyl halides is 2. The number of hydrogen-bond acceptors (Lipinski definition) is 4. The first-order valence-corrected chi connectivity index (χ1v) is 4.94. The van der Waals surface area contributed by atoms with E-state index in [9.17, 15) is 18.4 Å². The molecule has 2 rings (SSSR count). The van der Waals surface area contributed by atoms with Gasteiger partial charge in [0.25, 0.3) is 0 Å². The topological polar surface area (TPSA) is 80.9 Å². The van der Waals surface area contributed by atoms with E-state index in [4.69, 9.17) is 5.11 Å². The van der Waals surface area contributed by atoms with E-state index < -0.39 is 12.7 Å². The highest BCUT2D eigenvalue weighted by Crippen LogP contribution is 2.31. The summed E-state index contributed by atoms with van der Waals surface area (Å²) < 4.78 is 29.1. The van der Waals surface area contributed by atoms with Crippen LogP contribution < -0.4 is 4.74 Å². The minimum absolute atomic E-state index is 0.0796. The van der Waals surface area contributed by atoms with Crippen molar-refractivity contribution in [3.63, 3.8) is 0 Å². The Morgan fingerprint density at radius 1 is 1.47 bits per heavy atom. The zero-order valence-corrected chi connectivity index (χ0v) is 9.21. The van der Waals surface area contributed by atoms with Crippen LogP contribution in [0.3, 0.4) is 0 Å². The second kappa shape index (κ2) is 4.87. The van der Waals surface area contributed by atoms with Crippen molar-refractivity contribution in [1.82, 2.24) is 4.57 Å². The molecule has 1 N–H and O–H groups in total. The molecule has 0 aliphatic heterocycles. The molecular formula is C11H6F2N2O4. The maximum absolute atomic E-state index is 12.1. The van der Waals surface area contributed by atoms with E-state index in [1.54, 1.807) is 0 Å². The average molecular weight is 268 g/mol. The summed E-state index contributed by atoms with van der Waals surface area (Å²) in [5.74, 6) is -0.190. The summed E-state index contributed by atoms with van der Waals surface area (Å²) in [5, 5.41) is 9.28. The quantitative estimate of drug-likeness (QED) is 0.685. The second-order valence-corrected chi connectivity index (χ2v) is 3.43. The van der Waals surface area contributed by atoms with E-state index in [0.29, 0.717) is 5.39 Å². The summed E-state index contributed by atoms with van der Waals surface area (Å²) in [4.78, 5) is 24.6. The molecule has 1 aromatic heterocycles. The molecule has 98 valence electrons. The standard InChI is InChI=1S/C11H6F2N2O4/c12-10(13)19-6-1-2-7-8(14-5-16)4-15(11(17)18)9(7)3-6/h1-4,10H,(H,17,18). The average Bonchev–Trinajstić information content (AvgIpc) is 2.67. The van der Waals surface area contributed by atoms with Gasteiger partial charge in [-0.2, -0.15) is 13.8 Å². The van der Waals surface area contributed by atoms with E-state index in [1.165, 1.54) is 18.2 Å². The van der Waals surface area contributed by atoms with Gasteiger partial charge in [0.05, 0.1) is 5.52 Å². The summed E-state index contributed by atoms with van der Waals surface area (Å²) in [6.07, 6.45) is 1.04. The maximum atomic E-state index is 12.1. The van der Waals surface area contributed by atoms with Gasteiger partial charge in [0.2, 0.25) is 6.08 Å². The van der Waals surface area contributed by atoms with Crippen LogP contribution in [0.25, 0.3) is 10.9 Å². The van der Waals surface area contributed by atoms with Gasteiger partial charge in [0.1, 0.15) is 11.4 Å². The number of rotatable bonds is 3. The lowest BCUT2D eigenvalue weighted by Gasteiger charge is -2.04. The number of halogens is 2. The van der Waals surface area contributed by atoms with Gasteiger partial charge < -0.3 is 9.84 Å². The van der Waals surface area contributed by atoms with E-state index >= 15 is 0 Å². The van der Waals surface area contributed by atoms with Gasteiger partial charge >= 0.3 is 12.7 Å². The van der Waals surface area contributed by atoms with Crippen molar-refractivity contribution >= 4 is 28.8 Å². The zero-order chi connectivity index (χ0) is 14.0. The molecule has 6 nitrogen and oxygen atoms in total. The Morgan fingerprint density at radius 2 is 2.21 bits per heavy atom. The normalized spacial score (nSPS) is 10.5. The molecule has 0 saturated heterocycles. The van der Waals surface area contributed by atoms with Gasteiger partial charge in [-0.25, -0.2) is 9.59 Å². The highest BCUT2D eigenvalue weighted by molar-refractivity contribution is 5.98. The van der Waals surface area contributed by atoms with Crippen LogP contribution in [0, 0.1) is 0 Å². The van der Waals surface area contributed by atoms with Crippen LogP contribution >= 0.6 is 0 Å². The minimum atomic E-state index is -3.02. The van der Waals surface area contributed by atoms with Crippen molar-refractivity contribution in [2.75, 3.05) is 0 Å². The number of nitrogens with zero attached hydrogens (tertiary/aromatic N) is 2. The molecule has 0 radical (unpaired) electrons. The van der Waals surface area contributed by atoms with Gasteiger partial charge in [0, 0.05) is 17.6 Å². The predicted octanol–water partition coefficient (Wildman–Crippen LogP) is 2.74. The Kier molecular flexibility index (Phi) is 3.26. The summed E-state index contributed by atoms with van der Waals surface area (Å²) in [6.45, 7) is -3.02. The minimum Gasteiger partial charge on any atom is -0.464 e. The Hall–Kier alpha value is -2.73. The lowest BCUT2D eigenvalue weighted by molar-refractivity contribution is -0.0497. The van der Waals surface area contributed by atoms with Gasteiger partial charge in [0.15, 0.2) is 0 Å². The largest absolute Gasteiger partial charge is 0.464 e. The van der Waals surface area contributed by atoms with Crippen LogP contribution in [0.15, 0.2) is 29.4 Å². The highest BCUT2D eigenvalue weighted by atomic mass is 19.3. The third-order valence-electron chi connectivity index (χ3n) is 2.35. The van der Waals surface area contributed by atoms with E-state index in [-0.39, 0.29) is 17.0 Å². The van der Waals surface area contributed by atoms with E-state index in [2.05, 4.69) is 9.73 Å². The van der Waals surface area contributed by atoms with Crippen LogP contribution in [0.2, 0.25) is 0 Å². The van der Waals surface area contributed by atoms with Crippen molar-refractivity contribution in [3.05, 3.63) is 24.4 Å². The van der Waals surface area contributed by atoms with Gasteiger partial charge in [-0.3, -0.25) is 4.57 Å². The molecule has 19 heavy (non-hydrogen) atoms. The molecule has 0 amide bonds. The molecule has 1 aromatic carbocycles. The van der Waals surface area contributed by atoms with Gasteiger partial charge in [-0.05, 0) is 12.1 Å². The number of carboxylic acid groups (broad SMARTS) is 1. The molecule has 0 spiro atoms. The molecule has 0 bridgehead atoms. The van der Waals surface area contributed by atoms with Crippen LogP contribution in [0.4, 0.5) is 19.3 Å². The molecule has 8 heteroatoms. The summed E-state index contributed by atoms with van der Waals surface area (Å²) in [6, 6.07) is 3.69. The third-order valence-corrected chi connectivity index (χ3v) is 2.35. The molecule has 0 aliphatic rings. The van der Waals surface area contributed by atoms with E-state index in [0.717, 1.165) is 16.8 Å². The van der Waals surface area contributed by atoms with E-state index in [1.807, 2.05) is 0 Å². The van der Waals surface area contributed by atoms with Crippen LogP contribution in [0.1, 0.15) is 0 Å². The predicted molar refractivity (Wildman–Crippen MR) is 59.8 cm³/mol. The number of isocyanates is 1. The number of fused-ring (bicyclic) bond motifs is 1. The SMILES string of the molecule is O=C=Nc1cn(C(=O)O)c2cc(OC(F)F)ccc12. The summed E-state index contributed by atoms with van der Waals surface area (Å²) in [7, 11) is 0. The lowest BCUT2D eigenvalue weighted by Crippen LogP contribution is -2.06. The summed E-state index contributed by atoms with van der Waals surface area (Å²) in [5.41, 5.74) is 0.163. The molecule has 0 atom stereocenters. The summed E-state index contributed by atoms with van der Waals surface area (Å²) >= 11 is 0. The smallest absolute Gasteiger partial charge is 0.416 e. The monoisotopic (exact) mass is 268 g/mol. The first-order chi connectivity index (χ1) is 9.02. The highest BCUT2D eigenvalue weighted by Gasteiger charge is 2.14. The molecule has 0 saturated carbocycles. The van der Waals surface area contributed by atoms with Gasteiger partial charge in [-0.15, -0.1) is 0 Å². The number of hydrogen-bond donors (Lipinski definition) is 1. The van der Waals surface area contributed by atoms with Crippen molar-refractivity contribution in [3.8, 4) is 5.75 Å². The molecule has 0 aliphatic carbocycles. The van der Waals surface area contributed by atoms with Crippen LogP contribution in [-0.4, -0.2) is 28.5 Å². The second-order valence-electron chi connectivity index (χ2n) is 3.43. The molecular weight excluding hydrogens is 262 g/mol. The number of benzene rings is 1. The van der Waals surface area contributed by atoms with Crippen LogP contribution in [0.5, 0.6) is 5.75 Å². The van der Waals surface area contributed by atoms with Crippen molar-refractivity contribution in [2.45, 2.75) is 6.61 Å². The Balaban J connectivity index is 2.65. The fraction of sp³-hybridized carbons (Fsp3) is 0.0909. The lowest BCUT2D eigenvalue weighted by atomic mass is 10.2. The Bertz CT molecular complexity index is 689. The number of aliphatic imine (C=N–C) groups is 1. The number of aromatic nitrogens is 1. The molecule has 1 heterocycles. The van der Waals surface area contributed by atoms with Crippen molar-refractivity contribution in [2.24, 2.45) is 4.99 Å². The Labute approximate surface area is 104 Å². The maximum Gasteiger partial charge on any atom is 0.416 e. The van der Waals surface area contributed by atoms with Crippen molar-refractivity contribution in [1.29, 1.82) is 0 Å². The number of ether oxygens (including phenoxy) is 1. The Morgan fingerprint density at radius 3 is 2.79 bits per heavy atom. The van der Waals surface area contributed by atoms with Crippen LogP contribution in [-0.2, 0) is 4.79 Å². The van der Waals surface area contributed by atoms with Crippen molar-refractivity contribution < 1.29 is 28.2 Å². The number of carbonyl (C=O) groups excluding carboxylic acids is 1. The molecule has 2 aromatic rings. The third kappa shape index (κ3) is 2.43. The number of carbonyl (C=O) groups is 1.